The van der Waals surface area contributed by atoms with E-state index >= 15 is 0 Å². The lowest BCUT2D eigenvalue weighted by molar-refractivity contribution is -0.271. The predicted molar refractivity (Wildman–Crippen MR) is 73.6 cm³/mol. The molecule has 0 saturated carbocycles. The predicted octanol–water partition coefficient (Wildman–Crippen LogP) is 2.84. The van der Waals surface area contributed by atoms with Crippen LogP contribution in [0.5, 0.6) is 11.5 Å². The van der Waals surface area contributed by atoms with Crippen LogP contribution in [0, 0.1) is 0 Å². The zero-order valence-electron chi connectivity index (χ0n) is 11.0. The summed E-state index contributed by atoms with van der Waals surface area (Å²) in [6, 6.07) is 19.0. The van der Waals surface area contributed by atoms with Crippen molar-refractivity contribution in [1.29, 1.82) is 0 Å². The lowest BCUT2D eigenvalue weighted by Gasteiger charge is -2.31. The van der Waals surface area contributed by atoms with Gasteiger partial charge in [-0.05, 0) is 24.3 Å². The fraction of sp³-hybridized carbons (Fsp3) is 0.250. The third-order valence-corrected chi connectivity index (χ3v) is 2.86. The van der Waals surface area contributed by atoms with Crippen LogP contribution in [0.3, 0.4) is 0 Å². The molecular weight excluding hydrogens is 256 g/mol. The average Bonchev–Trinajstić information content (AvgIpc) is 2.51. The Hall–Kier alpha value is -2.04. The van der Waals surface area contributed by atoms with Gasteiger partial charge < -0.3 is 18.9 Å². The Balaban J connectivity index is 1.68. The molecular formula is C16H16O4. The van der Waals surface area contributed by atoms with E-state index in [1.165, 1.54) is 0 Å². The van der Waals surface area contributed by atoms with Gasteiger partial charge in [-0.2, -0.15) is 0 Å². The van der Waals surface area contributed by atoms with E-state index in [4.69, 9.17) is 18.9 Å². The van der Waals surface area contributed by atoms with Gasteiger partial charge in [0.2, 0.25) is 0 Å². The molecule has 2 aromatic rings. The number of rotatable bonds is 4. The van der Waals surface area contributed by atoms with Crippen LogP contribution in [0.4, 0.5) is 0 Å². The van der Waals surface area contributed by atoms with Crippen molar-refractivity contribution in [3.8, 4) is 11.5 Å². The van der Waals surface area contributed by atoms with Crippen molar-refractivity contribution in [3.05, 3.63) is 60.7 Å². The maximum absolute atomic E-state index is 5.77. The van der Waals surface area contributed by atoms with Gasteiger partial charge >= 0.3 is 0 Å². The summed E-state index contributed by atoms with van der Waals surface area (Å²) < 4.78 is 22.7. The first kappa shape index (κ1) is 13.0. The smallest absolute Gasteiger partial charge is 0.263 e. The second-order valence-electron chi connectivity index (χ2n) is 4.34. The summed E-state index contributed by atoms with van der Waals surface area (Å²) in [7, 11) is 0. The van der Waals surface area contributed by atoms with Crippen molar-refractivity contribution in [2.45, 2.75) is 12.6 Å². The molecule has 2 atom stereocenters. The molecule has 0 radical (unpaired) electrons. The molecule has 20 heavy (non-hydrogen) atoms. The summed E-state index contributed by atoms with van der Waals surface area (Å²) in [6.07, 6.45) is -1.15. The first-order valence-corrected chi connectivity index (χ1v) is 6.58. The van der Waals surface area contributed by atoms with Crippen LogP contribution in [0.2, 0.25) is 0 Å². The van der Waals surface area contributed by atoms with Crippen LogP contribution in [0.1, 0.15) is 0 Å². The maximum Gasteiger partial charge on any atom is 0.263 e. The van der Waals surface area contributed by atoms with Gasteiger partial charge in [0, 0.05) is 0 Å². The molecule has 2 aromatic carbocycles. The van der Waals surface area contributed by atoms with Gasteiger partial charge in [-0.3, -0.25) is 0 Å². The standard InChI is InChI=1S/C16H16O4/c1-3-7-13(8-4-1)19-15-16(18-12-11-17-15)20-14-9-5-2-6-10-14/h1-10,15-16H,11-12H2/t15-,16+. The molecule has 0 N–H and O–H groups in total. The molecule has 4 heteroatoms. The Kier molecular flexibility index (Phi) is 4.16. The van der Waals surface area contributed by atoms with Crippen molar-refractivity contribution < 1.29 is 18.9 Å². The van der Waals surface area contributed by atoms with Gasteiger partial charge in [0.15, 0.2) is 0 Å². The van der Waals surface area contributed by atoms with Crippen LogP contribution in [-0.4, -0.2) is 25.8 Å². The van der Waals surface area contributed by atoms with Crippen molar-refractivity contribution in [1.82, 2.24) is 0 Å². The minimum absolute atomic E-state index is 0.492. The van der Waals surface area contributed by atoms with Gasteiger partial charge in [-0.25, -0.2) is 0 Å². The van der Waals surface area contributed by atoms with E-state index in [2.05, 4.69) is 0 Å². The van der Waals surface area contributed by atoms with E-state index in [0.29, 0.717) is 13.2 Å². The fourth-order valence-corrected chi connectivity index (χ4v) is 1.93. The highest BCUT2D eigenvalue weighted by Gasteiger charge is 2.30. The van der Waals surface area contributed by atoms with Gasteiger partial charge in [-0.15, -0.1) is 0 Å². The minimum atomic E-state index is -0.577. The van der Waals surface area contributed by atoms with E-state index in [-0.39, 0.29) is 0 Å². The van der Waals surface area contributed by atoms with Crippen LogP contribution >= 0.6 is 0 Å². The molecule has 0 spiro atoms. The Morgan fingerprint density at radius 1 is 0.650 bits per heavy atom. The minimum Gasteiger partial charge on any atom is -0.458 e. The topological polar surface area (TPSA) is 36.9 Å². The molecule has 1 aliphatic rings. The largest absolute Gasteiger partial charge is 0.458 e. The van der Waals surface area contributed by atoms with E-state index in [9.17, 15) is 0 Å². The zero-order chi connectivity index (χ0) is 13.6. The molecule has 0 aliphatic carbocycles. The summed E-state index contributed by atoms with van der Waals surface area (Å²) in [5, 5.41) is 0. The second-order valence-corrected chi connectivity index (χ2v) is 4.34. The zero-order valence-corrected chi connectivity index (χ0v) is 11.0. The average molecular weight is 272 g/mol. The molecule has 0 bridgehead atoms. The second kappa shape index (κ2) is 6.41. The number of ether oxygens (including phenoxy) is 4. The molecule has 104 valence electrons. The molecule has 1 fully saturated rings. The first-order valence-electron chi connectivity index (χ1n) is 6.58. The van der Waals surface area contributed by atoms with E-state index < -0.39 is 12.6 Å². The highest BCUT2D eigenvalue weighted by atomic mass is 16.8. The first-order chi connectivity index (χ1) is 9.92. The Morgan fingerprint density at radius 2 is 1.05 bits per heavy atom. The van der Waals surface area contributed by atoms with Crippen molar-refractivity contribution in [2.24, 2.45) is 0 Å². The Labute approximate surface area is 117 Å². The Bertz CT molecular complexity index is 465. The molecule has 4 nitrogen and oxygen atoms in total. The third-order valence-electron chi connectivity index (χ3n) is 2.86. The molecule has 1 heterocycles. The highest BCUT2D eigenvalue weighted by Crippen LogP contribution is 2.20. The SMILES string of the molecule is c1ccc(O[C@H]2OCCO[C@H]2Oc2ccccc2)cc1. The van der Waals surface area contributed by atoms with Crippen LogP contribution in [-0.2, 0) is 9.47 Å². The summed E-state index contributed by atoms with van der Waals surface area (Å²) in [6.45, 7) is 0.984. The van der Waals surface area contributed by atoms with Crippen molar-refractivity contribution >= 4 is 0 Å². The van der Waals surface area contributed by atoms with Gasteiger partial charge in [0.05, 0.1) is 13.2 Å². The van der Waals surface area contributed by atoms with Crippen molar-refractivity contribution in [3.63, 3.8) is 0 Å². The number of benzene rings is 2. The summed E-state index contributed by atoms with van der Waals surface area (Å²) in [5.74, 6) is 1.45. The van der Waals surface area contributed by atoms with E-state index in [1.807, 2.05) is 60.7 Å². The lowest BCUT2D eigenvalue weighted by atomic mass is 10.3. The number of hydrogen-bond donors (Lipinski definition) is 0. The van der Waals surface area contributed by atoms with E-state index in [1.54, 1.807) is 0 Å². The van der Waals surface area contributed by atoms with Gasteiger partial charge in [0.25, 0.3) is 12.6 Å². The van der Waals surface area contributed by atoms with Gasteiger partial charge in [-0.1, -0.05) is 36.4 Å². The van der Waals surface area contributed by atoms with Crippen LogP contribution in [0.15, 0.2) is 60.7 Å². The maximum atomic E-state index is 5.77. The lowest BCUT2D eigenvalue weighted by Crippen LogP contribution is -2.45. The van der Waals surface area contributed by atoms with Crippen LogP contribution in [0.25, 0.3) is 0 Å². The summed E-state index contributed by atoms with van der Waals surface area (Å²) in [5.41, 5.74) is 0. The molecule has 0 amide bonds. The summed E-state index contributed by atoms with van der Waals surface area (Å²) >= 11 is 0. The molecule has 3 rings (SSSR count). The number of para-hydroxylation sites is 2. The fourth-order valence-electron chi connectivity index (χ4n) is 1.93. The highest BCUT2D eigenvalue weighted by molar-refractivity contribution is 5.22. The summed E-state index contributed by atoms with van der Waals surface area (Å²) in [4.78, 5) is 0. The Morgan fingerprint density at radius 3 is 1.45 bits per heavy atom. The third kappa shape index (κ3) is 3.29. The molecule has 1 saturated heterocycles. The molecule has 1 aliphatic heterocycles. The monoisotopic (exact) mass is 272 g/mol. The normalized spacial score (nSPS) is 22.2. The van der Waals surface area contributed by atoms with Crippen molar-refractivity contribution in [2.75, 3.05) is 13.2 Å². The number of hydrogen-bond acceptors (Lipinski definition) is 4. The quantitative estimate of drug-likeness (QED) is 0.857. The molecule has 0 unspecified atom stereocenters. The van der Waals surface area contributed by atoms with E-state index in [0.717, 1.165) is 11.5 Å². The molecule has 0 aromatic heterocycles. The van der Waals surface area contributed by atoms with Gasteiger partial charge in [0.1, 0.15) is 11.5 Å². The van der Waals surface area contributed by atoms with Crippen LogP contribution < -0.4 is 9.47 Å².